The Morgan fingerprint density at radius 1 is 1.09 bits per heavy atom. The molecule has 1 N–H and O–H groups in total. The Morgan fingerprint density at radius 3 is 2.43 bits per heavy atom. The van der Waals surface area contributed by atoms with Crippen LogP contribution in [-0.4, -0.2) is 44.6 Å². The van der Waals surface area contributed by atoms with E-state index in [9.17, 15) is 22.4 Å². The molecule has 0 unspecified atom stereocenters. The number of carboxylic acid groups (broad SMARTS) is 1. The number of thiazole rings is 1. The van der Waals surface area contributed by atoms with Gasteiger partial charge in [-0.3, -0.25) is 9.78 Å². The van der Waals surface area contributed by atoms with Gasteiger partial charge in [0.25, 0.3) is 5.91 Å². The molecule has 2 aromatic carbocycles. The maximum atomic E-state index is 13.3. The number of nitrogens with zero attached hydrogens (tertiary/aromatic N) is 3. The zero-order chi connectivity index (χ0) is 25.2. The van der Waals surface area contributed by atoms with Crippen LogP contribution in [0, 0.1) is 5.82 Å². The number of aromatic nitrogens is 2. The fourth-order valence-electron chi connectivity index (χ4n) is 3.58. The van der Waals surface area contributed by atoms with Crippen molar-refractivity contribution in [3.8, 4) is 11.1 Å². The van der Waals surface area contributed by atoms with E-state index in [0.29, 0.717) is 25.1 Å². The van der Waals surface area contributed by atoms with Gasteiger partial charge in [0.1, 0.15) is 5.82 Å². The van der Waals surface area contributed by atoms with Gasteiger partial charge in [-0.15, -0.1) is 11.3 Å². The molecule has 0 radical (unpaired) electrons. The number of pyridine rings is 1. The fraction of sp³-hybridized carbons (Fsp3) is 0.167. The summed E-state index contributed by atoms with van der Waals surface area (Å²) in [7, 11) is 0. The number of alkyl halides is 3. The first kappa shape index (κ1) is 24.3. The SMILES string of the molecule is O=C(O)C(F)(F)F.O=C1c2c(-c3ccc(F)cc3)ccnc2CN1CCc1nc2ccccc2s1. The molecule has 5 rings (SSSR count). The number of hydrogen-bond donors (Lipinski definition) is 1. The van der Waals surface area contributed by atoms with Gasteiger partial charge in [-0.1, -0.05) is 24.3 Å². The van der Waals surface area contributed by atoms with Crippen LogP contribution in [0.4, 0.5) is 17.6 Å². The van der Waals surface area contributed by atoms with Crippen LogP contribution in [-0.2, 0) is 17.8 Å². The molecule has 0 fully saturated rings. The predicted octanol–water partition coefficient (Wildman–Crippen LogP) is 5.33. The van der Waals surface area contributed by atoms with Crippen molar-refractivity contribution in [1.29, 1.82) is 0 Å². The molecule has 0 aliphatic carbocycles. The molecule has 6 nitrogen and oxygen atoms in total. The van der Waals surface area contributed by atoms with Gasteiger partial charge in [0.15, 0.2) is 0 Å². The monoisotopic (exact) mass is 503 g/mol. The van der Waals surface area contributed by atoms with Crippen molar-refractivity contribution in [2.45, 2.75) is 19.1 Å². The van der Waals surface area contributed by atoms with Crippen molar-refractivity contribution < 1.29 is 32.3 Å². The minimum Gasteiger partial charge on any atom is -0.475 e. The van der Waals surface area contributed by atoms with Crippen LogP contribution in [0.2, 0.25) is 0 Å². The molecule has 0 saturated carbocycles. The van der Waals surface area contributed by atoms with E-state index in [0.717, 1.165) is 32.0 Å². The molecule has 0 spiro atoms. The van der Waals surface area contributed by atoms with E-state index in [1.54, 1.807) is 29.7 Å². The second-order valence-corrected chi connectivity index (χ2v) is 8.66. The Morgan fingerprint density at radius 2 is 1.77 bits per heavy atom. The Bertz CT molecular complexity index is 1350. The minimum atomic E-state index is -5.08. The molecule has 11 heteroatoms. The first-order valence-corrected chi connectivity index (χ1v) is 11.1. The lowest BCUT2D eigenvalue weighted by molar-refractivity contribution is -0.192. The van der Waals surface area contributed by atoms with E-state index >= 15 is 0 Å². The van der Waals surface area contributed by atoms with Gasteiger partial charge in [-0.05, 0) is 41.5 Å². The maximum absolute atomic E-state index is 13.3. The van der Waals surface area contributed by atoms with Crippen LogP contribution < -0.4 is 0 Å². The Hall–Kier alpha value is -3.86. The molecule has 1 aliphatic rings. The number of rotatable bonds is 4. The third-order valence-electron chi connectivity index (χ3n) is 5.20. The molecule has 35 heavy (non-hydrogen) atoms. The largest absolute Gasteiger partial charge is 0.490 e. The summed E-state index contributed by atoms with van der Waals surface area (Å²) in [5.74, 6) is -3.07. The first-order valence-electron chi connectivity index (χ1n) is 10.3. The Labute approximate surface area is 200 Å². The van der Waals surface area contributed by atoms with Gasteiger partial charge in [0.05, 0.1) is 33.0 Å². The molecule has 1 aliphatic heterocycles. The highest BCUT2D eigenvalue weighted by Gasteiger charge is 2.38. The molecular weight excluding hydrogens is 486 g/mol. The van der Waals surface area contributed by atoms with E-state index < -0.39 is 12.1 Å². The Balaban J connectivity index is 0.000000364. The van der Waals surface area contributed by atoms with Gasteiger partial charge >= 0.3 is 12.1 Å². The van der Waals surface area contributed by atoms with Gasteiger partial charge < -0.3 is 10.0 Å². The second kappa shape index (κ2) is 9.79. The summed E-state index contributed by atoms with van der Waals surface area (Å²) in [6.07, 6.45) is -2.66. The lowest BCUT2D eigenvalue weighted by Gasteiger charge is -2.14. The lowest BCUT2D eigenvalue weighted by atomic mass is 10.00. The lowest BCUT2D eigenvalue weighted by Crippen LogP contribution is -2.26. The highest BCUT2D eigenvalue weighted by Crippen LogP contribution is 2.32. The normalized spacial score (nSPS) is 12.9. The average Bonchev–Trinajstić information content (AvgIpc) is 3.38. The molecule has 0 saturated heterocycles. The molecule has 0 bridgehead atoms. The number of carboxylic acids is 1. The molecule has 4 aromatic rings. The second-order valence-electron chi connectivity index (χ2n) is 7.54. The van der Waals surface area contributed by atoms with Crippen molar-refractivity contribution >= 4 is 33.4 Å². The molecule has 1 amide bonds. The predicted molar refractivity (Wildman–Crippen MR) is 121 cm³/mol. The Kier molecular flexibility index (Phi) is 6.79. The third kappa shape index (κ3) is 5.46. The highest BCUT2D eigenvalue weighted by molar-refractivity contribution is 7.18. The fourth-order valence-corrected chi connectivity index (χ4v) is 4.54. The minimum absolute atomic E-state index is 0.0245. The van der Waals surface area contributed by atoms with Crippen molar-refractivity contribution in [3.05, 3.63) is 82.9 Å². The van der Waals surface area contributed by atoms with Gasteiger partial charge in [0.2, 0.25) is 0 Å². The highest BCUT2D eigenvalue weighted by atomic mass is 32.1. The molecular formula is C24H17F4N3O3S. The van der Waals surface area contributed by atoms with Gasteiger partial charge in [-0.2, -0.15) is 13.2 Å². The topological polar surface area (TPSA) is 83.4 Å². The van der Waals surface area contributed by atoms with E-state index in [1.165, 1.54) is 12.1 Å². The summed E-state index contributed by atoms with van der Waals surface area (Å²) in [5.41, 5.74) is 4.02. The summed E-state index contributed by atoms with van der Waals surface area (Å²) in [6.45, 7) is 1.09. The van der Waals surface area contributed by atoms with Crippen molar-refractivity contribution in [3.63, 3.8) is 0 Å². The van der Waals surface area contributed by atoms with Crippen LogP contribution in [0.5, 0.6) is 0 Å². The summed E-state index contributed by atoms with van der Waals surface area (Å²) < 4.78 is 46.2. The van der Waals surface area contributed by atoms with Crippen LogP contribution in [0.1, 0.15) is 21.1 Å². The summed E-state index contributed by atoms with van der Waals surface area (Å²) in [5, 5.41) is 8.15. The van der Waals surface area contributed by atoms with Crippen molar-refractivity contribution in [1.82, 2.24) is 14.9 Å². The first-order chi connectivity index (χ1) is 16.6. The summed E-state index contributed by atoms with van der Waals surface area (Å²) >= 11 is 1.67. The number of carbonyl (C=O) groups excluding carboxylic acids is 1. The number of aliphatic carboxylic acids is 1. The van der Waals surface area contributed by atoms with E-state index in [2.05, 4.69) is 16.0 Å². The number of fused-ring (bicyclic) bond motifs is 2. The standard InChI is InChI=1S/C22H16FN3OS.C2HF3O2/c23-15-7-5-14(6-8-15)16-9-11-24-18-13-26(22(27)21(16)18)12-10-20-25-17-3-1-2-4-19(17)28-20;3-2(4,5)1(6)7/h1-9,11H,10,12-13H2;(H,6,7). The molecule has 180 valence electrons. The molecule has 3 heterocycles. The van der Waals surface area contributed by atoms with E-state index in [4.69, 9.17) is 9.90 Å². The quantitative estimate of drug-likeness (QED) is 0.381. The van der Waals surface area contributed by atoms with Crippen LogP contribution in [0.25, 0.3) is 21.3 Å². The van der Waals surface area contributed by atoms with E-state index in [-0.39, 0.29) is 11.7 Å². The van der Waals surface area contributed by atoms with Crippen molar-refractivity contribution in [2.24, 2.45) is 0 Å². The molecule has 0 atom stereocenters. The van der Waals surface area contributed by atoms with Crippen LogP contribution in [0.15, 0.2) is 60.8 Å². The van der Waals surface area contributed by atoms with Crippen LogP contribution in [0.3, 0.4) is 0 Å². The number of carbonyl (C=O) groups is 2. The van der Waals surface area contributed by atoms with Gasteiger partial charge in [-0.25, -0.2) is 14.2 Å². The number of amides is 1. The number of hydrogen-bond acceptors (Lipinski definition) is 5. The number of para-hydroxylation sites is 1. The third-order valence-corrected chi connectivity index (χ3v) is 6.30. The summed E-state index contributed by atoms with van der Waals surface area (Å²) in [6, 6.07) is 16.1. The average molecular weight is 503 g/mol. The maximum Gasteiger partial charge on any atom is 0.490 e. The van der Waals surface area contributed by atoms with E-state index in [1.807, 2.05) is 29.2 Å². The molecule has 2 aromatic heterocycles. The zero-order valence-corrected chi connectivity index (χ0v) is 18.7. The number of halogens is 4. The number of benzene rings is 2. The summed E-state index contributed by atoms with van der Waals surface area (Å²) in [4.78, 5) is 32.8. The zero-order valence-electron chi connectivity index (χ0n) is 17.9. The van der Waals surface area contributed by atoms with Crippen LogP contribution >= 0.6 is 11.3 Å². The smallest absolute Gasteiger partial charge is 0.475 e. The van der Waals surface area contributed by atoms with Gasteiger partial charge in [0, 0.05) is 19.2 Å². The van der Waals surface area contributed by atoms with Crippen molar-refractivity contribution in [2.75, 3.05) is 6.54 Å².